The van der Waals surface area contributed by atoms with Crippen LogP contribution in [0.3, 0.4) is 0 Å². The molecule has 0 aromatic carbocycles. The van der Waals surface area contributed by atoms with E-state index in [1.54, 1.807) is 0 Å². The van der Waals surface area contributed by atoms with Gasteiger partial charge < -0.3 is 10.4 Å². The number of rotatable bonds is 8. The van der Waals surface area contributed by atoms with Crippen molar-refractivity contribution < 1.29 is 9.90 Å². The largest absolute Gasteiger partial charge is 0.396 e. The highest BCUT2D eigenvalue weighted by molar-refractivity contribution is 5.76. The van der Waals surface area contributed by atoms with Gasteiger partial charge in [-0.15, -0.1) is 0 Å². The number of nitrogens with one attached hydrogen (secondary N) is 1. The molecule has 0 atom stereocenters. The second-order valence-electron chi connectivity index (χ2n) is 5.21. The van der Waals surface area contributed by atoms with Crippen LogP contribution in [-0.2, 0) is 4.79 Å². The van der Waals surface area contributed by atoms with E-state index in [4.69, 9.17) is 10.6 Å². The van der Waals surface area contributed by atoms with Crippen LogP contribution in [0.2, 0.25) is 0 Å². The molecule has 19 heavy (non-hydrogen) atoms. The number of nitrogens with zero attached hydrogens (tertiary/aromatic N) is 3. The van der Waals surface area contributed by atoms with Gasteiger partial charge in [0.1, 0.15) is 0 Å². The highest BCUT2D eigenvalue weighted by atomic mass is 16.3. The molecular weight excluding hydrogens is 244 g/mol. The molecule has 0 aromatic rings. The van der Waals surface area contributed by atoms with Crippen molar-refractivity contribution >= 4 is 5.91 Å². The summed E-state index contributed by atoms with van der Waals surface area (Å²) in [5, 5.41) is 15.4. The van der Waals surface area contributed by atoms with Crippen molar-refractivity contribution in [3.8, 4) is 0 Å². The molecule has 6 heteroatoms. The van der Waals surface area contributed by atoms with E-state index in [1.807, 2.05) is 0 Å². The molecule has 0 heterocycles. The Morgan fingerprint density at radius 1 is 1.32 bits per heavy atom. The number of hydrogen-bond donors (Lipinski definition) is 2. The van der Waals surface area contributed by atoms with Gasteiger partial charge in [0.05, 0.1) is 0 Å². The SMILES string of the molecule is [N-]=[N+]=NCCCCC(=O)N[C@H]1CC[C@H](CCO)CC1. The number of aliphatic hydroxyl groups excluding tert-OH is 1. The molecule has 0 saturated heterocycles. The van der Waals surface area contributed by atoms with Crippen LogP contribution >= 0.6 is 0 Å². The first-order valence-electron chi connectivity index (χ1n) is 7.17. The van der Waals surface area contributed by atoms with Gasteiger partial charge in [0.25, 0.3) is 0 Å². The van der Waals surface area contributed by atoms with Gasteiger partial charge in [-0.05, 0) is 56.4 Å². The van der Waals surface area contributed by atoms with Gasteiger partial charge in [0, 0.05) is 30.5 Å². The predicted molar refractivity (Wildman–Crippen MR) is 73.5 cm³/mol. The highest BCUT2D eigenvalue weighted by Gasteiger charge is 2.21. The van der Waals surface area contributed by atoms with E-state index < -0.39 is 0 Å². The first-order valence-corrected chi connectivity index (χ1v) is 7.17. The average molecular weight is 268 g/mol. The third-order valence-corrected chi connectivity index (χ3v) is 3.72. The summed E-state index contributed by atoms with van der Waals surface area (Å²) in [5.41, 5.74) is 8.11. The molecule has 6 nitrogen and oxygen atoms in total. The van der Waals surface area contributed by atoms with Crippen LogP contribution in [0.5, 0.6) is 0 Å². The maximum absolute atomic E-state index is 11.7. The fourth-order valence-corrected chi connectivity index (χ4v) is 2.59. The third kappa shape index (κ3) is 7.03. The maximum atomic E-state index is 11.7. The molecule has 0 unspecified atom stereocenters. The summed E-state index contributed by atoms with van der Waals surface area (Å²) in [4.78, 5) is 14.4. The Morgan fingerprint density at radius 3 is 2.68 bits per heavy atom. The van der Waals surface area contributed by atoms with Crippen LogP contribution < -0.4 is 5.32 Å². The van der Waals surface area contributed by atoms with E-state index in [9.17, 15) is 4.79 Å². The lowest BCUT2D eigenvalue weighted by molar-refractivity contribution is -0.122. The van der Waals surface area contributed by atoms with Gasteiger partial charge in [-0.25, -0.2) is 0 Å². The molecule has 0 aromatic heterocycles. The highest BCUT2D eigenvalue weighted by Crippen LogP contribution is 2.26. The zero-order valence-corrected chi connectivity index (χ0v) is 11.4. The lowest BCUT2D eigenvalue weighted by Crippen LogP contribution is -2.37. The minimum absolute atomic E-state index is 0.103. The number of unbranched alkanes of at least 4 members (excludes halogenated alkanes) is 1. The van der Waals surface area contributed by atoms with Crippen molar-refractivity contribution in [2.75, 3.05) is 13.2 Å². The second-order valence-corrected chi connectivity index (χ2v) is 5.21. The maximum Gasteiger partial charge on any atom is 0.220 e. The quantitative estimate of drug-likeness (QED) is 0.306. The molecule has 1 amide bonds. The molecule has 0 aliphatic heterocycles. The van der Waals surface area contributed by atoms with Crippen molar-refractivity contribution in [1.82, 2.24) is 5.32 Å². The number of amides is 1. The molecule has 1 aliphatic carbocycles. The Kier molecular flexibility index (Phi) is 8.02. The molecule has 1 rings (SSSR count). The Morgan fingerprint density at radius 2 is 2.05 bits per heavy atom. The monoisotopic (exact) mass is 268 g/mol. The van der Waals surface area contributed by atoms with Gasteiger partial charge >= 0.3 is 0 Å². The van der Waals surface area contributed by atoms with Crippen molar-refractivity contribution in [2.24, 2.45) is 11.0 Å². The second kappa shape index (κ2) is 9.64. The topological polar surface area (TPSA) is 98.1 Å². The zero-order chi connectivity index (χ0) is 13.9. The molecule has 1 saturated carbocycles. The van der Waals surface area contributed by atoms with Crippen molar-refractivity contribution in [3.05, 3.63) is 10.4 Å². The normalized spacial score (nSPS) is 22.6. The number of azide groups is 1. The summed E-state index contributed by atoms with van der Waals surface area (Å²) in [6.07, 6.45) is 7.18. The van der Waals surface area contributed by atoms with Crippen LogP contribution in [-0.4, -0.2) is 30.2 Å². The van der Waals surface area contributed by atoms with Gasteiger partial charge in [0.2, 0.25) is 5.91 Å². The average Bonchev–Trinajstić information content (AvgIpc) is 2.41. The van der Waals surface area contributed by atoms with E-state index in [0.717, 1.165) is 44.9 Å². The first-order chi connectivity index (χ1) is 9.26. The Balaban J connectivity index is 2.08. The number of aliphatic hydroxyl groups is 1. The van der Waals surface area contributed by atoms with E-state index in [0.29, 0.717) is 24.9 Å². The van der Waals surface area contributed by atoms with E-state index in [1.165, 1.54) is 0 Å². The van der Waals surface area contributed by atoms with Crippen LogP contribution in [0, 0.1) is 5.92 Å². The molecule has 1 aliphatic rings. The molecule has 0 spiro atoms. The van der Waals surface area contributed by atoms with E-state index >= 15 is 0 Å². The minimum atomic E-state index is 0.103. The first kappa shape index (κ1) is 15.8. The van der Waals surface area contributed by atoms with Crippen molar-refractivity contribution in [1.29, 1.82) is 0 Å². The van der Waals surface area contributed by atoms with Crippen LogP contribution in [0.1, 0.15) is 51.4 Å². The van der Waals surface area contributed by atoms with E-state index in [-0.39, 0.29) is 12.5 Å². The number of carbonyl (C=O) groups excluding carboxylic acids is 1. The molecule has 108 valence electrons. The van der Waals surface area contributed by atoms with E-state index in [2.05, 4.69) is 15.3 Å². The summed E-state index contributed by atoms with van der Waals surface area (Å²) < 4.78 is 0. The number of hydrogen-bond acceptors (Lipinski definition) is 3. The minimum Gasteiger partial charge on any atom is -0.396 e. The Labute approximate surface area is 114 Å². The summed E-state index contributed by atoms with van der Waals surface area (Å²) >= 11 is 0. The molecular formula is C13H24N4O2. The molecule has 0 bridgehead atoms. The van der Waals surface area contributed by atoms with Gasteiger partial charge in [0.15, 0.2) is 0 Å². The van der Waals surface area contributed by atoms with Crippen LogP contribution in [0.15, 0.2) is 5.11 Å². The summed E-state index contributed by atoms with van der Waals surface area (Å²) in [7, 11) is 0. The zero-order valence-electron chi connectivity index (χ0n) is 11.4. The third-order valence-electron chi connectivity index (χ3n) is 3.72. The summed E-state index contributed by atoms with van der Waals surface area (Å²) in [6, 6.07) is 0.305. The Hall–Kier alpha value is -1.26. The summed E-state index contributed by atoms with van der Waals surface area (Å²) in [6.45, 7) is 0.739. The predicted octanol–water partition coefficient (Wildman–Crippen LogP) is 2.52. The van der Waals surface area contributed by atoms with Gasteiger partial charge in [-0.1, -0.05) is 5.11 Å². The fraction of sp³-hybridized carbons (Fsp3) is 0.923. The number of carbonyl (C=O) groups is 1. The fourth-order valence-electron chi connectivity index (χ4n) is 2.59. The lowest BCUT2D eigenvalue weighted by Gasteiger charge is -2.28. The Bertz CT molecular complexity index is 308. The van der Waals surface area contributed by atoms with Crippen molar-refractivity contribution in [2.45, 2.75) is 57.4 Å². The molecule has 0 radical (unpaired) electrons. The summed E-state index contributed by atoms with van der Waals surface area (Å²) in [5.74, 6) is 0.730. The van der Waals surface area contributed by atoms with Crippen LogP contribution in [0.4, 0.5) is 0 Å². The van der Waals surface area contributed by atoms with Gasteiger partial charge in [-0.2, -0.15) is 0 Å². The standard InChI is InChI=1S/C13H24N4O2/c14-17-15-9-2-1-3-13(19)16-12-6-4-11(5-7-12)8-10-18/h11-12,18H,1-10H2,(H,16,19)/t11-,12-. The lowest BCUT2D eigenvalue weighted by atomic mass is 9.84. The smallest absolute Gasteiger partial charge is 0.220 e. The van der Waals surface area contributed by atoms with Crippen molar-refractivity contribution in [3.63, 3.8) is 0 Å². The molecule has 1 fully saturated rings. The molecule has 2 N–H and O–H groups in total. The van der Waals surface area contributed by atoms with Crippen LogP contribution in [0.25, 0.3) is 10.4 Å². The van der Waals surface area contributed by atoms with Gasteiger partial charge in [-0.3, -0.25) is 4.79 Å².